The van der Waals surface area contributed by atoms with Gasteiger partial charge in [-0.05, 0) is 30.2 Å². The normalized spacial score (nSPS) is 10.8. The van der Waals surface area contributed by atoms with Crippen LogP contribution in [0.15, 0.2) is 36.5 Å². The molecule has 2 N–H and O–H groups in total. The first-order chi connectivity index (χ1) is 11.6. The van der Waals surface area contributed by atoms with Crippen LogP contribution in [0.2, 0.25) is 0 Å². The lowest BCUT2D eigenvalue weighted by Gasteiger charge is -2.02. The van der Waals surface area contributed by atoms with Crippen molar-refractivity contribution in [2.45, 2.75) is 26.7 Å². The van der Waals surface area contributed by atoms with Crippen molar-refractivity contribution >= 4 is 34.9 Å². The summed E-state index contributed by atoms with van der Waals surface area (Å²) in [5.74, 6) is -0.239. The number of anilines is 1. The molecule has 6 heteroatoms. The number of nitrogens with zero attached hydrogens (tertiary/aromatic N) is 1. The van der Waals surface area contributed by atoms with Gasteiger partial charge >= 0.3 is 0 Å². The molecule has 0 radical (unpaired) electrons. The third kappa shape index (κ3) is 5.96. The smallest absolute Gasteiger partial charge is 0.244 e. The maximum Gasteiger partial charge on any atom is 0.244 e. The topological polar surface area (TPSA) is 71.1 Å². The Bertz CT molecular complexity index is 720. The van der Waals surface area contributed by atoms with Gasteiger partial charge in [0.05, 0.1) is 5.01 Å². The molecule has 0 unspecified atom stereocenters. The minimum Gasteiger partial charge on any atom is -0.352 e. The van der Waals surface area contributed by atoms with Crippen molar-refractivity contribution in [3.8, 4) is 0 Å². The minimum absolute atomic E-state index is 0.107. The zero-order valence-electron chi connectivity index (χ0n) is 13.8. The number of hydrogen-bond acceptors (Lipinski definition) is 4. The number of aromatic nitrogens is 1. The number of thiazole rings is 1. The summed E-state index contributed by atoms with van der Waals surface area (Å²) in [5.41, 5.74) is 1.63. The van der Waals surface area contributed by atoms with Crippen molar-refractivity contribution in [2.24, 2.45) is 0 Å². The van der Waals surface area contributed by atoms with Gasteiger partial charge in [0.1, 0.15) is 0 Å². The first-order valence-corrected chi connectivity index (χ1v) is 8.65. The molecule has 0 fully saturated rings. The fraction of sp³-hybridized carbons (Fsp3) is 0.278. The quantitative estimate of drug-likeness (QED) is 0.759. The van der Waals surface area contributed by atoms with Crippen LogP contribution in [0.1, 0.15) is 29.3 Å². The van der Waals surface area contributed by atoms with E-state index in [1.54, 1.807) is 29.5 Å². The third-order valence-corrected chi connectivity index (χ3v) is 4.45. The average Bonchev–Trinajstić information content (AvgIpc) is 3.02. The SMILES string of the molecule is CCc1cnc(CCNC(=O)/C=C\c2ccc(NC(C)=O)cc2)s1. The number of rotatable bonds is 7. The van der Waals surface area contributed by atoms with Gasteiger partial charge in [-0.2, -0.15) is 0 Å². The molecule has 1 heterocycles. The molecule has 1 aromatic heterocycles. The van der Waals surface area contributed by atoms with Gasteiger partial charge in [0.25, 0.3) is 0 Å². The zero-order chi connectivity index (χ0) is 17.4. The first kappa shape index (κ1) is 17.9. The number of carbonyl (C=O) groups is 2. The Morgan fingerprint density at radius 3 is 2.62 bits per heavy atom. The van der Waals surface area contributed by atoms with Crippen molar-refractivity contribution in [1.82, 2.24) is 10.3 Å². The molecular formula is C18H21N3O2S. The predicted molar refractivity (Wildman–Crippen MR) is 98.0 cm³/mol. The van der Waals surface area contributed by atoms with Gasteiger partial charge in [-0.3, -0.25) is 9.59 Å². The summed E-state index contributed by atoms with van der Waals surface area (Å²) >= 11 is 1.69. The lowest BCUT2D eigenvalue weighted by molar-refractivity contribution is -0.116. The fourth-order valence-electron chi connectivity index (χ4n) is 2.03. The number of hydrogen-bond donors (Lipinski definition) is 2. The summed E-state index contributed by atoms with van der Waals surface area (Å²) in [5, 5.41) is 6.60. The Labute approximate surface area is 145 Å². The summed E-state index contributed by atoms with van der Waals surface area (Å²) in [6.07, 6.45) is 6.88. The molecule has 0 bridgehead atoms. The van der Waals surface area contributed by atoms with Crippen LogP contribution in [0.25, 0.3) is 6.08 Å². The Hall–Kier alpha value is -2.47. The number of nitrogens with one attached hydrogen (secondary N) is 2. The van der Waals surface area contributed by atoms with E-state index < -0.39 is 0 Å². The van der Waals surface area contributed by atoms with E-state index in [1.807, 2.05) is 18.3 Å². The van der Waals surface area contributed by atoms with E-state index in [4.69, 9.17) is 0 Å². The van der Waals surface area contributed by atoms with Crippen molar-refractivity contribution in [1.29, 1.82) is 0 Å². The van der Waals surface area contributed by atoms with Crippen LogP contribution in [-0.4, -0.2) is 23.3 Å². The molecule has 24 heavy (non-hydrogen) atoms. The summed E-state index contributed by atoms with van der Waals surface area (Å²) < 4.78 is 0. The molecule has 0 aliphatic carbocycles. The summed E-state index contributed by atoms with van der Waals surface area (Å²) in [4.78, 5) is 28.3. The zero-order valence-corrected chi connectivity index (χ0v) is 14.7. The van der Waals surface area contributed by atoms with E-state index in [0.29, 0.717) is 6.54 Å². The van der Waals surface area contributed by atoms with E-state index in [9.17, 15) is 9.59 Å². The van der Waals surface area contributed by atoms with Crippen molar-refractivity contribution < 1.29 is 9.59 Å². The second-order valence-electron chi connectivity index (χ2n) is 5.25. The molecule has 2 amide bonds. The average molecular weight is 343 g/mol. The first-order valence-electron chi connectivity index (χ1n) is 7.84. The molecule has 0 aliphatic heterocycles. The lowest BCUT2D eigenvalue weighted by atomic mass is 10.2. The fourth-order valence-corrected chi connectivity index (χ4v) is 2.89. The van der Waals surface area contributed by atoms with Crippen LogP contribution in [0.5, 0.6) is 0 Å². The van der Waals surface area contributed by atoms with E-state index in [0.717, 1.165) is 29.1 Å². The van der Waals surface area contributed by atoms with E-state index >= 15 is 0 Å². The molecule has 0 atom stereocenters. The highest BCUT2D eigenvalue weighted by Crippen LogP contribution is 2.13. The van der Waals surface area contributed by atoms with E-state index in [1.165, 1.54) is 17.9 Å². The molecule has 1 aromatic carbocycles. The lowest BCUT2D eigenvalue weighted by Crippen LogP contribution is -2.23. The second-order valence-corrected chi connectivity index (χ2v) is 6.45. The summed E-state index contributed by atoms with van der Waals surface area (Å²) in [6.45, 7) is 4.14. The van der Waals surface area contributed by atoms with Crippen LogP contribution >= 0.6 is 11.3 Å². The van der Waals surface area contributed by atoms with Crippen LogP contribution in [-0.2, 0) is 22.4 Å². The van der Waals surface area contributed by atoms with Crippen molar-refractivity contribution in [3.05, 3.63) is 52.0 Å². The Morgan fingerprint density at radius 2 is 2.00 bits per heavy atom. The van der Waals surface area contributed by atoms with Crippen molar-refractivity contribution in [2.75, 3.05) is 11.9 Å². The second kappa shape index (κ2) is 8.98. The van der Waals surface area contributed by atoms with Crippen LogP contribution in [0.3, 0.4) is 0 Å². The Kier molecular flexibility index (Phi) is 6.69. The van der Waals surface area contributed by atoms with Gasteiger partial charge in [-0.25, -0.2) is 4.98 Å². The summed E-state index contributed by atoms with van der Waals surface area (Å²) in [7, 11) is 0. The van der Waals surface area contributed by atoms with Crippen LogP contribution < -0.4 is 10.6 Å². The van der Waals surface area contributed by atoms with Gasteiger partial charge in [0.2, 0.25) is 11.8 Å². The van der Waals surface area contributed by atoms with Crippen molar-refractivity contribution in [3.63, 3.8) is 0 Å². The highest BCUT2D eigenvalue weighted by Gasteiger charge is 2.01. The molecule has 5 nitrogen and oxygen atoms in total. The molecular weight excluding hydrogens is 322 g/mol. The molecule has 2 rings (SSSR count). The highest BCUT2D eigenvalue weighted by molar-refractivity contribution is 7.11. The predicted octanol–water partition coefficient (Wildman–Crippen LogP) is 3.04. The number of benzene rings is 1. The van der Waals surface area contributed by atoms with Gasteiger partial charge in [-0.1, -0.05) is 19.1 Å². The Morgan fingerprint density at radius 1 is 1.25 bits per heavy atom. The number of carbonyl (C=O) groups excluding carboxylic acids is 2. The maximum absolute atomic E-state index is 11.8. The van der Waals surface area contributed by atoms with Crippen LogP contribution in [0.4, 0.5) is 5.69 Å². The third-order valence-electron chi connectivity index (χ3n) is 3.25. The molecule has 0 spiro atoms. The molecule has 0 saturated heterocycles. The molecule has 126 valence electrons. The van der Waals surface area contributed by atoms with Gasteiger partial charge in [-0.15, -0.1) is 11.3 Å². The summed E-state index contributed by atoms with van der Waals surface area (Å²) in [6, 6.07) is 7.29. The number of aryl methyl sites for hydroxylation is 1. The van der Waals surface area contributed by atoms with Gasteiger partial charge in [0, 0.05) is 42.7 Å². The minimum atomic E-state index is -0.131. The van der Waals surface area contributed by atoms with Gasteiger partial charge < -0.3 is 10.6 Å². The maximum atomic E-state index is 11.8. The van der Waals surface area contributed by atoms with Gasteiger partial charge in [0.15, 0.2) is 0 Å². The number of amides is 2. The molecule has 0 saturated carbocycles. The monoisotopic (exact) mass is 343 g/mol. The molecule has 0 aliphatic rings. The highest BCUT2D eigenvalue weighted by atomic mass is 32.1. The van der Waals surface area contributed by atoms with E-state index in [-0.39, 0.29) is 11.8 Å². The standard InChI is InChI=1S/C18H21N3O2S/c1-3-16-12-20-18(24-16)10-11-19-17(23)9-6-14-4-7-15(8-5-14)21-13(2)22/h4-9,12H,3,10-11H2,1-2H3,(H,19,23)(H,21,22)/b9-6-. The Balaban J connectivity index is 1.76. The largest absolute Gasteiger partial charge is 0.352 e. The molecule has 2 aromatic rings. The van der Waals surface area contributed by atoms with E-state index in [2.05, 4.69) is 22.5 Å². The van der Waals surface area contributed by atoms with Crippen LogP contribution in [0, 0.1) is 0 Å².